The molecule has 0 N–H and O–H groups in total. The number of para-hydroxylation sites is 2. The van der Waals surface area contributed by atoms with E-state index in [0.29, 0.717) is 6.61 Å². The molecular formula is C25H25ClN2O. The first-order valence-corrected chi connectivity index (χ1v) is 10.4. The molecular weight excluding hydrogens is 380 g/mol. The Balaban J connectivity index is 1.46. The lowest BCUT2D eigenvalue weighted by atomic mass is 10.1. The Kier molecular flexibility index (Phi) is 5.86. The van der Waals surface area contributed by atoms with Crippen molar-refractivity contribution in [2.45, 2.75) is 33.2 Å². The molecule has 4 rings (SSSR count). The lowest BCUT2D eigenvalue weighted by Gasteiger charge is -2.12. The number of hydrogen-bond donors (Lipinski definition) is 0. The molecule has 0 saturated heterocycles. The highest BCUT2D eigenvalue weighted by molar-refractivity contribution is 6.30. The van der Waals surface area contributed by atoms with E-state index in [2.05, 4.69) is 60.9 Å². The van der Waals surface area contributed by atoms with Crippen molar-refractivity contribution < 1.29 is 4.74 Å². The highest BCUT2D eigenvalue weighted by atomic mass is 35.5. The minimum absolute atomic E-state index is 0.711. The van der Waals surface area contributed by atoms with E-state index < -0.39 is 0 Å². The van der Waals surface area contributed by atoms with Crippen molar-refractivity contribution in [3.8, 4) is 17.1 Å². The maximum Gasteiger partial charge on any atom is 0.141 e. The summed E-state index contributed by atoms with van der Waals surface area (Å²) in [6.45, 7) is 5.79. The topological polar surface area (TPSA) is 27.1 Å². The van der Waals surface area contributed by atoms with Gasteiger partial charge in [-0.05, 0) is 62.6 Å². The molecule has 0 aliphatic carbocycles. The number of aryl methyl sites for hydroxylation is 3. The van der Waals surface area contributed by atoms with Crippen LogP contribution in [0.1, 0.15) is 24.0 Å². The fraction of sp³-hybridized carbons (Fsp3) is 0.240. The first-order chi connectivity index (χ1) is 14.1. The van der Waals surface area contributed by atoms with Gasteiger partial charge in [0.05, 0.1) is 17.6 Å². The predicted octanol–water partition coefficient (Wildman–Crippen LogP) is 6.83. The number of ether oxygens (including phenoxy) is 1. The van der Waals surface area contributed by atoms with Crippen molar-refractivity contribution in [2.24, 2.45) is 0 Å². The first kappa shape index (κ1) is 19.5. The second kappa shape index (κ2) is 8.71. The molecule has 0 unspecified atom stereocenters. The summed E-state index contributed by atoms with van der Waals surface area (Å²) in [5.74, 6) is 1.94. The molecule has 0 fully saturated rings. The predicted molar refractivity (Wildman–Crippen MR) is 121 cm³/mol. The number of benzene rings is 3. The summed E-state index contributed by atoms with van der Waals surface area (Å²) in [5.41, 5.74) is 5.65. The number of rotatable bonds is 7. The van der Waals surface area contributed by atoms with Gasteiger partial charge in [0.25, 0.3) is 0 Å². The number of imidazole rings is 1. The quantitative estimate of drug-likeness (QED) is 0.315. The Morgan fingerprint density at radius 2 is 1.79 bits per heavy atom. The third-order valence-electron chi connectivity index (χ3n) is 5.10. The van der Waals surface area contributed by atoms with Crippen LogP contribution in [-0.2, 0) is 6.54 Å². The molecule has 0 aliphatic rings. The maximum atomic E-state index is 6.22. The van der Waals surface area contributed by atoms with E-state index in [0.717, 1.165) is 52.6 Å². The molecule has 3 nitrogen and oxygen atoms in total. The van der Waals surface area contributed by atoms with E-state index in [1.807, 2.05) is 24.3 Å². The summed E-state index contributed by atoms with van der Waals surface area (Å²) in [5, 5.41) is 0.725. The van der Waals surface area contributed by atoms with Crippen LogP contribution in [0.3, 0.4) is 0 Å². The minimum Gasteiger partial charge on any atom is -0.493 e. The van der Waals surface area contributed by atoms with Crippen LogP contribution >= 0.6 is 11.6 Å². The Hall–Kier alpha value is -2.78. The molecule has 0 saturated carbocycles. The molecule has 1 heterocycles. The third-order valence-corrected chi connectivity index (χ3v) is 5.34. The average Bonchev–Trinajstić information content (AvgIpc) is 3.08. The Morgan fingerprint density at radius 1 is 0.931 bits per heavy atom. The highest BCUT2D eigenvalue weighted by Crippen LogP contribution is 2.27. The van der Waals surface area contributed by atoms with Gasteiger partial charge >= 0.3 is 0 Å². The maximum absolute atomic E-state index is 6.22. The number of fused-ring (bicyclic) bond motifs is 1. The van der Waals surface area contributed by atoms with Crippen LogP contribution in [0.4, 0.5) is 0 Å². The first-order valence-electron chi connectivity index (χ1n) is 10.0. The van der Waals surface area contributed by atoms with Gasteiger partial charge in [-0.25, -0.2) is 4.98 Å². The third kappa shape index (κ3) is 4.46. The van der Waals surface area contributed by atoms with E-state index in [9.17, 15) is 0 Å². The number of aromatic nitrogens is 2. The zero-order valence-electron chi connectivity index (χ0n) is 16.9. The van der Waals surface area contributed by atoms with E-state index in [1.165, 1.54) is 11.1 Å². The standard InChI is InChI=1S/C25H25ClN2O/c1-18-12-13-24(19(2)16-18)29-15-6-5-14-28-23-11-4-3-10-22(23)27-25(28)20-8-7-9-21(26)17-20/h3-4,7-13,16-17H,5-6,14-15H2,1-2H3. The fourth-order valence-corrected chi connectivity index (χ4v) is 3.86. The largest absolute Gasteiger partial charge is 0.493 e. The number of halogens is 1. The van der Waals surface area contributed by atoms with Crippen LogP contribution in [0.25, 0.3) is 22.4 Å². The van der Waals surface area contributed by atoms with Crippen molar-refractivity contribution in [1.29, 1.82) is 0 Å². The molecule has 0 aliphatic heterocycles. The van der Waals surface area contributed by atoms with Crippen LogP contribution in [0.15, 0.2) is 66.7 Å². The van der Waals surface area contributed by atoms with Crippen LogP contribution in [-0.4, -0.2) is 16.2 Å². The van der Waals surface area contributed by atoms with Gasteiger partial charge in [-0.1, -0.05) is 53.6 Å². The molecule has 0 radical (unpaired) electrons. The summed E-state index contributed by atoms with van der Waals surface area (Å²) in [6, 6.07) is 22.5. The van der Waals surface area contributed by atoms with Crippen molar-refractivity contribution in [3.05, 3.63) is 82.9 Å². The summed E-state index contributed by atoms with van der Waals surface area (Å²) in [7, 11) is 0. The smallest absolute Gasteiger partial charge is 0.141 e. The summed E-state index contributed by atoms with van der Waals surface area (Å²) in [4.78, 5) is 4.86. The molecule has 4 heteroatoms. The fourth-order valence-electron chi connectivity index (χ4n) is 3.67. The van der Waals surface area contributed by atoms with Crippen molar-refractivity contribution in [3.63, 3.8) is 0 Å². The molecule has 29 heavy (non-hydrogen) atoms. The van der Waals surface area contributed by atoms with Crippen molar-refractivity contribution >= 4 is 22.6 Å². The van der Waals surface area contributed by atoms with Gasteiger partial charge in [-0.15, -0.1) is 0 Å². The van der Waals surface area contributed by atoms with E-state index in [4.69, 9.17) is 21.3 Å². The lowest BCUT2D eigenvalue weighted by Crippen LogP contribution is -2.04. The molecule has 0 bridgehead atoms. The number of hydrogen-bond acceptors (Lipinski definition) is 2. The van der Waals surface area contributed by atoms with Gasteiger partial charge in [0.2, 0.25) is 0 Å². The Labute approximate surface area is 176 Å². The van der Waals surface area contributed by atoms with Gasteiger partial charge in [0.15, 0.2) is 0 Å². The molecule has 148 valence electrons. The SMILES string of the molecule is Cc1ccc(OCCCCn2c(-c3cccc(Cl)c3)nc3ccccc32)c(C)c1. The number of nitrogens with zero attached hydrogens (tertiary/aromatic N) is 2. The monoisotopic (exact) mass is 404 g/mol. The average molecular weight is 405 g/mol. The van der Waals surface area contributed by atoms with Crippen LogP contribution in [0, 0.1) is 13.8 Å². The molecule has 0 atom stereocenters. The van der Waals surface area contributed by atoms with Gasteiger partial charge in [0, 0.05) is 17.1 Å². The second-order valence-corrected chi connectivity index (χ2v) is 7.85. The summed E-state index contributed by atoms with van der Waals surface area (Å²) in [6.07, 6.45) is 1.99. The number of unbranched alkanes of at least 4 members (excludes halogenated alkanes) is 1. The van der Waals surface area contributed by atoms with Crippen LogP contribution < -0.4 is 4.74 Å². The van der Waals surface area contributed by atoms with Crippen LogP contribution in [0.5, 0.6) is 5.75 Å². The second-order valence-electron chi connectivity index (χ2n) is 7.41. The van der Waals surface area contributed by atoms with Crippen molar-refractivity contribution in [2.75, 3.05) is 6.61 Å². The Morgan fingerprint density at radius 3 is 2.62 bits per heavy atom. The van der Waals surface area contributed by atoms with Gasteiger partial charge in [-0.2, -0.15) is 0 Å². The zero-order chi connectivity index (χ0) is 20.2. The minimum atomic E-state index is 0.711. The molecule has 0 amide bonds. The van der Waals surface area contributed by atoms with E-state index in [1.54, 1.807) is 0 Å². The summed E-state index contributed by atoms with van der Waals surface area (Å²) < 4.78 is 8.28. The molecule has 1 aromatic heterocycles. The van der Waals surface area contributed by atoms with E-state index in [-0.39, 0.29) is 0 Å². The lowest BCUT2D eigenvalue weighted by molar-refractivity contribution is 0.301. The van der Waals surface area contributed by atoms with E-state index >= 15 is 0 Å². The summed E-state index contributed by atoms with van der Waals surface area (Å²) >= 11 is 6.22. The molecule has 3 aromatic carbocycles. The highest BCUT2D eigenvalue weighted by Gasteiger charge is 2.12. The molecule has 4 aromatic rings. The van der Waals surface area contributed by atoms with Gasteiger partial charge in [0.1, 0.15) is 11.6 Å². The Bertz CT molecular complexity index is 1130. The molecule has 0 spiro atoms. The van der Waals surface area contributed by atoms with Crippen LogP contribution in [0.2, 0.25) is 5.02 Å². The zero-order valence-corrected chi connectivity index (χ0v) is 17.6. The normalized spacial score (nSPS) is 11.1. The van der Waals surface area contributed by atoms with Crippen molar-refractivity contribution in [1.82, 2.24) is 9.55 Å². The van der Waals surface area contributed by atoms with Gasteiger partial charge < -0.3 is 9.30 Å². The van der Waals surface area contributed by atoms with Gasteiger partial charge in [-0.3, -0.25) is 0 Å².